The first-order valence-corrected chi connectivity index (χ1v) is 7.79. The molecule has 1 N–H and O–H groups in total. The van der Waals surface area contributed by atoms with Crippen LogP contribution in [0.2, 0.25) is 10.0 Å². The molecule has 0 fully saturated rings. The Labute approximate surface area is 154 Å². The molecular formula is C18H14Cl2O5. The lowest BCUT2D eigenvalue weighted by Gasteiger charge is -2.07. The van der Waals surface area contributed by atoms with Gasteiger partial charge in [-0.3, -0.25) is 4.79 Å². The van der Waals surface area contributed by atoms with Crippen LogP contribution >= 0.6 is 23.2 Å². The standard InChI is InChI=1S/C18H14Cl2O5/c1-24-12-8-13(19)17(14(20)9-12)16(22)6-3-10-7-11(18(23)25-2)4-5-15(10)21/h3-9,21H,1-2H3/b6-3+. The van der Waals surface area contributed by atoms with Crippen molar-refractivity contribution in [2.24, 2.45) is 0 Å². The Bertz CT molecular complexity index is 836. The van der Waals surface area contributed by atoms with Gasteiger partial charge in [-0.05, 0) is 42.5 Å². The average Bonchev–Trinajstić information content (AvgIpc) is 2.59. The molecule has 0 radical (unpaired) electrons. The molecule has 0 unspecified atom stereocenters. The first-order chi connectivity index (χ1) is 11.9. The van der Waals surface area contributed by atoms with Crippen molar-refractivity contribution in [3.05, 3.63) is 63.1 Å². The van der Waals surface area contributed by atoms with E-state index in [0.717, 1.165) is 0 Å². The number of hydrogen-bond donors (Lipinski definition) is 1. The predicted octanol–water partition coefficient (Wildman–Crippen LogP) is 4.39. The third-order valence-corrected chi connectivity index (χ3v) is 3.96. The number of ketones is 1. The molecule has 2 rings (SSSR count). The van der Waals surface area contributed by atoms with Crippen LogP contribution in [0.5, 0.6) is 11.5 Å². The van der Waals surface area contributed by atoms with Crippen LogP contribution in [0, 0.1) is 0 Å². The Balaban J connectivity index is 2.34. The molecule has 0 spiro atoms. The fourth-order valence-electron chi connectivity index (χ4n) is 2.08. The minimum Gasteiger partial charge on any atom is -0.507 e. The molecule has 0 amide bonds. The Hall–Kier alpha value is -2.50. The summed E-state index contributed by atoms with van der Waals surface area (Å²) >= 11 is 12.2. The number of ether oxygens (including phenoxy) is 2. The van der Waals surface area contributed by atoms with Crippen molar-refractivity contribution in [1.29, 1.82) is 0 Å². The highest BCUT2D eigenvalue weighted by molar-refractivity contribution is 6.41. The second-order valence-electron chi connectivity index (χ2n) is 4.93. The molecule has 2 aromatic carbocycles. The minimum absolute atomic E-state index is 0.0939. The van der Waals surface area contributed by atoms with Gasteiger partial charge >= 0.3 is 5.97 Å². The zero-order valence-corrected chi connectivity index (χ0v) is 14.9. The van der Waals surface area contributed by atoms with Gasteiger partial charge in [0.05, 0.1) is 35.4 Å². The van der Waals surface area contributed by atoms with Crippen molar-refractivity contribution in [1.82, 2.24) is 0 Å². The Morgan fingerprint density at radius 1 is 1.08 bits per heavy atom. The lowest BCUT2D eigenvalue weighted by atomic mass is 10.1. The van der Waals surface area contributed by atoms with Gasteiger partial charge in [0.1, 0.15) is 11.5 Å². The van der Waals surface area contributed by atoms with Gasteiger partial charge < -0.3 is 14.6 Å². The van der Waals surface area contributed by atoms with Crippen LogP contribution in [0.1, 0.15) is 26.3 Å². The van der Waals surface area contributed by atoms with Crippen LogP contribution in [0.15, 0.2) is 36.4 Å². The van der Waals surface area contributed by atoms with E-state index in [2.05, 4.69) is 4.74 Å². The number of aromatic hydroxyl groups is 1. The molecule has 130 valence electrons. The second-order valence-corrected chi connectivity index (χ2v) is 5.74. The maximum absolute atomic E-state index is 12.4. The van der Waals surface area contributed by atoms with Crippen molar-refractivity contribution < 1.29 is 24.2 Å². The van der Waals surface area contributed by atoms with Gasteiger partial charge in [-0.15, -0.1) is 0 Å². The molecule has 5 nitrogen and oxygen atoms in total. The molecule has 25 heavy (non-hydrogen) atoms. The van der Waals surface area contributed by atoms with Crippen molar-refractivity contribution in [2.75, 3.05) is 14.2 Å². The molecule has 0 aliphatic heterocycles. The molecule has 0 saturated carbocycles. The fourth-order valence-corrected chi connectivity index (χ4v) is 2.74. The maximum atomic E-state index is 12.4. The van der Waals surface area contributed by atoms with Crippen molar-refractivity contribution in [2.45, 2.75) is 0 Å². The van der Waals surface area contributed by atoms with Gasteiger partial charge in [-0.1, -0.05) is 23.2 Å². The first kappa shape index (κ1) is 18.8. The van der Waals surface area contributed by atoms with Crippen LogP contribution < -0.4 is 4.74 Å². The van der Waals surface area contributed by atoms with Crippen LogP contribution in [0.4, 0.5) is 0 Å². The number of phenols is 1. The Morgan fingerprint density at radius 2 is 1.72 bits per heavy atom. The summed E-state index contributed by atoms with van der Waals surface area (Å²) in [5, 5.41) is 10.2. The molecule has 0 aliphatic carbocycles. The van der Waals surface area contributed by atoms with Crippen molar-refractivity contribution >= 4 is 41.0 Å². The van der Waals surface area contributed by atoms with E-state index in [-0.39, 0.29) is 32.5 Å². The van der Waals surface area contributed by atoms with E-state index < -0.39 is 11.8 Å². The molecule has 0 saturated heterocycles. The summed E-state index contributed by atoms with van der Waals surface area (Å²) in [7, 11) is 2.71. The number of hydrogen-bond acceptors (Lipinski definition) is 5. The fraction of sp³-hybridized carbons (Fsp3) is 0.111. The molecule has 0 aromatic heterocycles. The SMILES string of the molecule is COC(=O)c1ccc(O)c(/C=C/C(=O)c2c(Cl)cc(OC)cc2Cl)c1. The maximum Gasteiger partial charge on any atom is 0.337 e. The lowest BCUT2D eigenvalue weighted by molar-refractivity contribution is 0.0600. The normalized spacial score (nSPS) is 10.7. The smallest absolute Gasteiger partial charge is 0.337 e. The molecule has 7 heteroatoms. The van der Waals surface area contributed by atoms with E-state index in [1.165, 1.54) is 56.7 Å². The minimum atomic E-state index is -0.554. The summed E-state index contributed by atoms with van der Waals surface area (Å²) in [6.07, 6.45) is 2.57. The molecule has 0 atom stereocenters. The summed E-state index contributed by atoms with van der Waals surface area (Å²) in [6.45, 7) is 0. The number of methoxy groups -OCH3 is 2. The number of esters is 1. The Morgan fingerprint density at radius 3 is 2.28 bits per heavy atom. The summed E-state index contributed by atoms with van der Waals surface area (Å²) in [4.78, 5) is 23.9. The topological polar surface area (TPSA) is 72.8 Å². The lowest BCUT2D eigenvalue weighted by Crippen LogP contribution is -2.01. The second kappa shape index (κ2) is 8.05. The van der Waals surface area contributed by atoms with E-state index >= 15 is 0 Å². The number of benzene rings is 2. The molecule has 0 aliphatic rings. The van der Waals surface area contributed by atoms with E-state index in [1.54, 1.807) is 0 Å². The van der Waals surface area contributed by atoms with E-state index in [0.29, 0.717) is 5.75 Å². The number of carbonyl (C=O) groups excluding carboxylic acids is 2. The van der Waals surface area contributed by atoms with Gasteiger partial charge in [0, 0.05) is 5.56 Å². The third-order valence-electron chi connectivity index (χ3n) is 3.36. The summed E-state index contributed by atoms with van der Waals surface area (Å²) in [5.41, 5.74) is 0.633. The van der Waals surface area contributed by atoms with E-state index in [9.17, 15) is 14.7 Å². The summed E-state index contributed by atoms with van der Waals surface area (Å²) in [5.74, 6) is -0.676. The number of halogens is 2. The van der Waals surface area contributed by atoms with Crippen molar-refractivity contribution in [3.63, 3.8) is 0 Å². The average molecular weight is 381 g/mol. The highest BCUT2D eigenvalue weighted by atomic mass is 35.5. The van der Waals surface area contributed by atoms with Gasteiger partial charge in [-0.2, -0.15) is 0 Å². The number of rotatable bonds is 5. The zero-order valence-electron chi connectivity index (χ0n) is 13.4. The number of carbonyl (C=O) groups is 2. The van der Waals surface area contributed by atoms with Crippen LogP contribution in [-0.2, 0) is 4.74 Å². The van der Waals surface area contributed by atoms with Gasteiger partial charge in [0.25, 0.3) is 0 Å². The quantitative estimate of drug-likeness (QED) is 0.473. The Kier molecular flexibility index (Phi) is 6.07. The molecular weight excluding hydrogens is 367 g/mol. The first-order valence-electron chi connectivity index (χ1n) is 7.04. The van der Waals surface area contributed by atoms with Crippen molar-refractivity contribution in [3.8, 4) is 11.5 Å². The van der Waals surface area contributed by atoms with E-state index in [4.69, 9.17) is 27.9 Å². The molecule has 0 heterocycles. The van der Waals surface area contributed by atoms with Crippen LogP contribution in [-0.4, -0.2) is 31.1 Å². The highest BCUT2D eigenvalue weighted by Gasteiger charge is 2.15. The summed E-state index contributed by atoms with van der Waals surface area (Å²) < 4.78 is 9.65. The number of allylic oxidation sites excluding steroid dienone is 1. The highest BCUT2D eigenvalue weighted by Crippen LogP contribution is 2.31. The van der Waals surface area contributed by atoms with Gasteiger partial charge in [0.2, 0.25) is 0 Å². The largest absolute Gasteiger partial charge is 0.507 e. The monoisotopic (exact) mass is 380 g/mol. The predicted molar refractivity (Wildman–Crippen MR) is 95.8 cm³/mol. The van der Waals surface area contributed by atoms with Crippen LogP contribution in [0.3, 0.4) is 0 Å². The molecule has 0 bridgehead atoms. The van der Waals surface area contributed by atoms with Gasteiger partial charge in [0.15, 0.2) is 5.78 Å². The molecule has 2 aromatic rings. The number of phenolic OH excluding ortho intramolecular Hbond substituents is 1. The van der Waals surface area contributed by atoms with E-state index in [1.807, 2.05) is 0 Å². The zero-order chi connectivity index (χ0) is 18.6. The third kappa shape index (κ3) is 4.32. The van der Waals surface area contributed by atoms with Crippen LogP contribution in [0.25, 0.3) is 6.08 Å². The van der Waals surface area contributed by atoms with Gasteiger partial charge in [-0.25, -0.2) is 4.79 Å². The summed E-state index contributed by atoms with van der Waals surface area (Å²) in [6, 6.07) is 7.11.